The van der Waals surface area contributed by atoms with E-state index in [9.17, 15) is 9.59 Å². The molecule has 0 saturated heterocycles. The third-order valence-electron chi connectivity index (χ3n) is 4.19. The Kier molecular flexibility index (Phi) is 18.5. The molecule has 0 fully saturated rings. The smallest absolute Gasteiger partial charge is 0.303 e. The predicted octanol–water partition coefficient (Wildman–Crippen LogP) is 6.21. The molecule has 0 heterocycles. The van der Waals surface area contributed by atoms with Crippen LogP contribution in [0.1, 0.15) is 96.8 Å². The average Bonchev–Trinajstić information content (AvgIpc) is 2.59. The first-order chi connectivity index (χ1) is 12.6. The molecule has 0 saturated carbocycles. The molecule has 0 aromatic carbocycles. The van der Waals surface area contributed by atoms with E-state index in [-0.39, 0.29) is 5.97 Å². The van der Waals surface area contributed by atoms with Gasteiger partial charge in [-0.05, 0) is 44.9 Å². The summed E-state index contributed by atoms with van der Waals surface area (Å²) < 4.78 is 4.90. The Morgan fingerprint density at radius 2 is 1.23 bits per heavy atom. The zero-order chi connectivity index (χ0) is 19.3. The summed E-state index contributed by atoms with van der Waals surface area (Å²) in [7, 11) is 0. The number of rotatable bonds is 18. The monoisotopic (exact) mass is 366 g/mol. The summed E-state index contributed by atoms with van der Waals surface area (Å²) in [6.45, 7) is 2.02. The van der Waals surface area contributed by atoms with Crippen LogP contribution in [-0.2, 0) is 14.3 Å². The molecule has 0 bridgehead atoms. The molecule has 0 rings (SSSR count). The molecule has 0 aliphatic rings. The van der Waals surface area contributed by atoms with E-state index in [4.69, 9.17) is 9.84 Å². The number of allylic oxidation sites excluding steroid dienone is 4. The molecule has 0 spiro atoms. The summed E-state index contributed by atoms with van der Waals surface area (Å²) in [5.41, 5.74) is 0. The third-order valence-corrected chi connectivity index (χ3v) is 4.19. The Balaban J connectivity index is 3.21. The maximum Gasteiger partial charge on any atom is 0.303 e. The van der Waals surface area contributed by atoms with Crippen LogP contribution in [0.25, 0.3) is 0 Å². The first-order valence-corrected chi connectivity index (χ1v) is 10.3. The normalized spacial score (nSPS) is 11.4. The van der Waals surface area contributed by atoms with Crippen LogP contribution in [0.4, 0.5) is 0 Å². The molecule has 0 amide bonds. The largest absolute Gasteiger partial charge is 0.481 e. The lowest BCUT2D eigenvalue weighted by Gasteiger charge is -2.01. The highest BCUT2D eigenvalue weighted by Gasteiger charge is 1.96. The van der Waals surface area contributed by atoms with Crippen LogP contribution in [0.2, 0.25) is 0 Å². The van der Waals surface area contributed by atoms with Crippen molar-refractivity contribution in [2.24, 2.45) is 0 Å². The quantitative estimate of drug-likeness (QED) is 0.178. The summed E-state index contributed by atoms with van der Waals surface area (Å²) in [6, 6.07) is 0. The zero-order valence-electron chi connectivity index (χ0n) is 16.6. The first kappa shape index (κ1) is 24.4. The van der Waals surface area contributed by atoms with Crippen molar-refractivity contribution < 1.29 is 19.4 Å². The van der Waals surface area contributed by atoms with Crippen molar-refractivity contribution in [1.82, 2.24) is 0 Å². The van der Waals surface area contributed by atoms with E-state index in [2.05, 4.69) is 24.3 Å². The van der Waals surface area contributed by atoms with E-state index in [0.29, 0.717) is 13.0 Å². The standard InChI is InChI=1S/C22H38O4/c1-21(23)26-20-18-16-14-12-10-8-6-4-2-3-5-7-9-11-13-15-17-19-22(24)25/h3-6H,2,7-20H2,1H3,(H,24,25)/b5-3-,6-4-. The number of hydrogen-bond acceptors (Lipinski definition) is 3. The predicted molar refractivity (Wildman–Crippen MR) is 107 cm³/mol. The lowest BCUT2D eigenvalue weighted by atomic mass is 10.1. The van der Waals surface area contributed by atoms with Gasteiger partial charge in [-0.15, -0.1) is 0 Å². The van der Waals surface area contributed by atoms with E-state index in [1.54, 1.807) is 0 Å². The summed E-state index contributed by atoms with van der Waals surface area (Å²) in [5, 5.41) is 8.54. The summed E-state index contributed by atoms with van der Waals surface area (Å²) in [6.07, 6.45) is 23.8. The average molecular weight is 367 g/mol. The van der Waals surface area contributed by atoms with Gasteiger partial charge in [-0.25, -0.2) is 0 Å². The summed E-state index contributed by atoms with van der Waals surface area (Å²) in [4.78, 5) is 21.0. The minimum atomic E-state index is -0.683. The van der Waals surface area contributed by atoms with Crippen LogP contribution < -0.4 is 0 Å². The van der Waals surface area contributed by atoms with Gasteiger partial charge in [0.25, 0.3) is 0 Å². The van der Waals surface area contributed by atoms with Crippen molar-refractivity contribution in [1.29, 1.82) is 0 Å². The molecule has 0 aliphatic heterocycles. The molecule has 0 aliphatic carbocycles. The van der Waals surface area contributed by atoms with E-state index in [1.807, 2.05) is 0 Å². The number of carboxylic acid groups (broad SMARTS) is 1. The summed E-state index contributed by atoms with van der Waals surface area (Å²) >= 11 is 0. The molecular weight excluding hydrogens is 328 g/mol. The van der Waals surface area contributed by atoms with Crippen LogP contribution in [0.3, 0.4) is 0 Å². The van der Waals surface area contributed by atoms with Crippen LogP contribution in [0.5, 0.6) is 0 Å². The van der Waals surface area contributed by atoms with Crippen LogP contribution in [0.15, 0.2) is 24.3 Å². The second kappa shape index (κ2) is 19.7. The Labute approximate surface area is 159 Å². The van der Waals surface area contributed by atoms with Gasteiger partial charge in [-0.1, -0.05) is 62.8 Å². The van der Waals surface area contributed by atoms with Crippen LogP contribution >= 0.6 is 0 Å². The lowest BCUT2D eigenvalue weighted by Crippen LogP contribution is -1.99. The Bertz CT molecular complexity index is 399. The van der Waals surface area contributed by atoms with Gasteiger partial charge >= 0.3 is 11.9 Å². The Morgan fingerprint density at radius 1 is 0.731 bits per heavy atom. The van der Waals surface area contributed by atoms with Crippen LogP contribution in [0, 0.1) is 0 Å². The molecule has 150 valence electrons. The molecule has 0 atom stereocenters. The van der Waals surface area contributed by atoms with Crippen molar-refractivity contribution in [3.8, 4) is 0 Å². The highest BCUT2D eigenvalue weighted by atomic mass is 16.5. The van der Waals surface area contributed by atoms with E-state index < -0.39 is 5.97 Å². The van der Waals surface area contributed by atoms with Crippen molar-refractivity contribution in [2.75, 3.05) is 6.61 Å². The fourth-order valence-corrected chi connectivity index (χ4v) is 2.69. The molecular formula is C22H38O4. The number of unbranched alkanes of at least 4 members (excludes halogenated alkanes) is 10. The molecule has 4 nitrogen and oxygen atoms in total. The topological polar surface area (TPSA) is 63.6 Å². The lowest BCUT2D eigenvalue weighted by molar-refractivity contribution is -0.141. The number of hydrogen-bond donors (Lipinski definition) is 1. The van der Waals surface area contributed by atoms with Gasteiger partial charge in [0.1, 0.15) is 0 Å². The third kappa shape index (κ3) is 22.4. The van der Waals surface area contributed by atoms with Gasteiger partial charge in [0.2, 0.25) is 0 Å². The van der Waals surface area contributed by atoms with E-state index in [1.165, 1.54) is 39.0 Å². The molecule has 0 aromatic heterocycles. The van der Waals surface area contributed by atoms with E-state index in [0.717, 1.165) is 51.4 Å². The second-order valence-electron chi connectivity index (χ2n) is 6.78. The van der Waals surface area contributed by atoms with Crippen molar-refractivity contribution in [2.45, 2.75) is 96.8 Å². The Hall–Kier alpha value is -1.58. The highest BCUT2D eigenvalue weighted by Crippen LogP contribution is 2.08. The molecule has 1 N–H and O–H groups in total. The molecule has 0 unspecified atom stereocenters. The maximum atomic E-state index is 10.6. The van der Waals surface area contributed by atoms with Gasteiger partial charge in [0.15, 0.2) is 0 Å². The van der Waals surface area contributed by atoms with Gasteiger partial charge in [-0.3, -0.25) is 9.59 Å². The van der Waals surface area contributed by atoms with E-state index >= 15 is 0 Å². The van der Waals surface area contributed by atoms with Crippen LogP contribution in [-0.4, -0.2) is 23.7 Å². The van der Waals surface area contributed by atoms with Crippen molar-refractivity contribution in [3.05, 3.63) is 24.3 Å². The minimum absolute atomic E-state index is 0.183. The number of carboxylic acids is 1. The molecule has 0 aromatic rings. The zero-order valence-corrected chi connectivity index (χ0v) is 16.6. The Morgan fingerprint density at radius 3 is 1.77 bits per heavy atom. The van der Waals surface area contributed by atoms with Crippen molar-refractivity contribution >= 4 is 11.9 Å². The number of ether oxygens (including phenoxy) is 1. The summed E-state index contributed by atoms with van der Waals surface area (Å²) in [5.74, 6) is -0.866. The first-order valence-electron chi connectivity index (χ1n) is 10.3. The fourth-order valence-electron chi connectivity index (χ4n) is 2.69. The molecule has 4 heteroatoms. The van der Waals surface area contributed by atoms with Gasteiger partial charge in [0.05, 0.1) is 6.61 Å². The number of carbonyl (C=O) groups is 2. The maximum absolute atomic E-state index is 10.6. The highest BCUT2D eigenvalue weighted by molar-refractivity contribution is 5.66. The molecule has 26 heavy (non-hydrogen) atoms. The number of aliphatic carboxylic acids is 1. The van der Waals surface area contributed by atoms with Gasteiger partial charge in [0, 0.05) is 13.3 Å². The second-order valence-corrected chi connectivity index (χ2v) is 6.78. The number of esters is 1. The van der Waals surface area contributed by atoms with Gasteiger partial charge in [-0.2, -0.15) is 0 Å². The molecule has 0 radical (unpaired) electrons. The number of carbonyl (C=O) groups excluding carboxylic acids is 1. The minimum Gasteiger partial charge on any atom is -0.481 e. The van der Waals surface area contributed by atoms with Crippen molar-refractivity contribution in [3.63, 3.8) is 0 Å². The SMILES string of the molecule is CC(=O)OCCCCCCC/C=C\C/C=C\CCCCCCCC(=O)O. The van der Waals surface area contributed by atoms with Gasteiger partial charge < -0.3 is 9.84 Å². The fraction of sp³-hybridized carbons (Fsp3) is 0.727.